The zero-order chi connectivity index (χ0) is 16.4. The van der Waals surface area contributed by atoms with Gasteiger partial charge >= 0.3 is 0 Å². The number of fused-ring (bicyclic) bond motifs is 1. The number of imidazole rings is 1. The number of pyridine rings is 1. The Kier molecular flexibility index (Phi) is 3.97. The molecule has 1 aromatic carbocycles. The van der Waals surface area contributed by atoms with Gasteiger partial charge in [-0.3, -0.25) is 4.79 Å². The number of halogens is 1. The number of carbonyl (C=O) groups is 1. The van der Waals surface area contributed by atoms with Crippen LogP contribution in [0.3, 0.4) is 0 Å². The molecule has 2 heterocycles. The van der Waals surface area contributed by atoms with Crippen molar-refractivity contribution in [2.24, 2.45) is 0 Å². The summed E-state index contributed by atoms with van der Waals surface area (Å²) in [5.74, 6) is -0.216. The molecule has 0 atom stereocenters. The van der Waals surface area contributed by atoms with E-state index in [0.29, 0.717) is 17.1 Å². The van der Waals surface area contributed by atoms with Crippen molar-refractivity contribution >= 4 is 17.2 Å². The van der Waals surface area contributed by atoms with Gasteiger partial charge in [-0.1, -0.05) is 0 Å². The van der Waals surface area contributed by atoms with Gasteiger partial charge in [-0.25, -0.2) is 9.37 Å². The van der Waals surface area contributed by atoms with Crippen LogP contribution in [-0.2, 0) is 4.79 Å². The third kappa shape index (κ3) is 3.15. The van der Waals surface area contributed by atoms with Crippen LogP contribution in [0, 0.1) is 19.7 Å². The Balaban J connectivity index is 1.70. The Morgan fingerprint density at radius 1 is 1.26 bits per heavy atom. The summed E-state index contributed by atoms with van der Waals surface area (Å²) in [6.45, 7) is 3.73. The minimum atomic E-state index is -0.349. The average molecular weight is 313 g/mol. The fourth-order valence-corrected chi connectivity index (χ4v) is 2.26. The minimum Gasteiger partial charge on any atom is -0.484 e. The molecule has 1 amide bonds. The van der Waals surface area contributed by atoms with E-state index in [-0.39, 0.29) is 18.3 Å². The van der Waals surface area contributed by atoms with Crippen LogP contribution in [0.15, 0.2) is 42.6 Å². The molecule has 0 bridgehead atoms. The molecule has 3 rings (SSSR count). The lowest BCUT2D eigenvalue weighted by atomic mass is 10.3. The number of anilines is 1. The highest BCUT2D eigenvalue weighted by Crippen LogP contribution is 2.19. The van der Waals surface area contributed by atoms with Gasteiger partial charge in [0.2, 0.25) is 0 Å². The van der Waals surface area contributed by atoms with Gasteiger partial charge in [0.15, 0.2) is 12.3 Å². The Hall–Kier alpha value is -2.89. The molecule has 0 unspecified atom stereocenters. The lowest BCUT2D eigenvalue weighted by Crippen LogP contribution is -2.20. The van der Waals surface area contributed by atoms with E-state index in [1.807, 2.05) is 30.5 Å². The van der Waals surface area contributed by atoms with Crippen LogP contribution in [-0.4, -0.2) is 21.9 Å². The second kappa shape index (κ2) is 6.08. The number of hydrogen-bond acceptors (Lipinski definition) is 3. The number of carbonyl (C=O) groups excluding carboxylic acids is 1. The highest BCUT2D eigenvalue weighted by Gasteiger charge is 2.11. The summed E-state index contributed by atoms with van der Waals surface area (Å²) in [6, 6.07) is 9.15. The molecule has 23 heavy (non-hydrogen) atoms. The van der Waals surface area contributed by atoms with E-state index in [0.717, 1.165) is 11.4 Å². The van der Waals surface area contributed by atoms with E-state index in [9.17, 15) is 9.18 Å². The first-order valence-corrected chi connectivity index (χ1v) is 7.17. The molecule has 0 aliphatic heterocycles. The number of hydrogen-bond donors (Lipinski definition) is 1. The Morgan fingerprint density at radius 2 is 2.00 bits per heavy atom. The summed E-state index contributed by atoms with van der Waals surface area (Å²) < 4.78 is 20.1. The van der Waals surface area contributed by atoms with Crippen LogP contribution in [0.25, 0.3) is 5.65 Å². The van der Waals surface area contributed by atoms with Gasteiger partial charge in [0, 0.05) is 11.9 Å². The van der Waals surface area contributed by atoms with Gasteiger partial charge in [-0.05, 0) is 50.2 Å². The molecule has 2 aromatic heterocycles. The number of aromatic nitrogens is 2. The molecular formula is C17H16FN3O2. The second-order valence-corrected chi connectivity index (χ2v) is 5.19. The Labute approximate surface area is 132 Å². The van der Waals surface area contributed by atoms with Gasteiger partial charge in [-0.2, -0.15) is 0 Å². The smallest absolute Gasteiger partial charge is 0.262 e. The summed E-state index contributed by atoms with van der Waals surface area (Å²) >= 11 is 0. The van der Waals surface area contributed by atoms with Crippen LogP contribution < -0.4 is 10.1 Å². The van der Waals surface area contributed by atoms with Crippen LogP contribution in [0.4, 0.5) is 10.1 Å². The molecule has 0 aliphatic carbocycles. The van der Waals surface area contributed by atoms with Crippen molar-refractivity contribution < 1.29 is 13.9 Å². The summed E-state index contributed by atoms with van der Waals surface area (Å²) in [5.41, 5.74) is 3.25. The lowest BCUT2D eigenvalue weighted by molar-refractivity contribution is -0.118. The molecule has 0 saturated carbocycles. The number of nitrogens with one attached hydrogen (secondary N) is 1. The lowest BCUT2D eigenvalue weighted by Gasteiger charge is -2.08. The van der Waals surface area contributed by atoms with Crippen LogP contribution in [0.5, 0.6) is 5.75 Å². The van der Waals surface area contributed by atoms with Crippen molar-refractivity contribution in [1.29, 1.82) is 0 Å². The third-order valence-corrected chi connectivity index (χ3v) is 3.58. The maximum atomic E-state index is 12.8. The summed E-state index contributed by atoms with van der Waals surface area (Å²) in [5, 5.41) is 2.79. The van der Waals surface area contributed by atoms with E-state index in [4.69, 9.17) is 4.74 Å². The van der Waals surface area contributed by atoms with Gasteiger partial charge in [-0.15, -0.1) is 0 Å². The first-order valence-electron chi connectivity index (χ1n) is 7.17. The highest BCUT2D eigenvalue weighted by atomic mass is 19.1. The minimum absolute atomic E-state index is 0.161. The quantitative estimate of drug-likeness (QED) is 0.805. The number of ether oxygens (including phenoxy) is 1. The van der Waals surface area contributed by atoms with E-state index in [1.165, 1.54) is 24.3 Å². The van der Waals surface area contributed by atoms with E-state index in [2.05, 4.69) is 10.3 Å². The zero-order valence-electron chi connectivity index (χ0n) is 12.8. The summed E-state index contributed by atoms with van der Waals surface area (Å²) in [6.07, 6.45) is 1.90. The normalized spacial score (nSPS) is 10.7. The first-order chi connectivity index (χ1) is 11.0. The molecular weight excluding hydrogens is 297 g/mol. The van der Waals surface area contributed by atoms with Crippen LogP contribution in [0.2, 0.25) is 0 Å². The van der Waals surface area contributed by atoms with Gasteiger partial charge in [0.05, 0.1) is 11.4 Å². The highest BCUT2D eigenvalue weighted by molar-refractivity contribution is 5.95. The van der Waals surface area contributed by atoms with Crippen molar-refractivity contribution in [3.63, 3.8) is 0 Å². The number of aryl methyl sites for hydroxylation is 2. The van der Waals surface area contributed by atoms with Crippen molar-refractivity contribution in [2.45, 2.75) is 13.8 Å². The maximum absolute atomic E-state index is 12.8. The molecule has 118 valence electrons. The summed E-state index contributed by atoms with van der Waals surface area (Å²) in [7, 11) is 0. The van der Waals surface area contributed by atoms with Gasteiger partial charge in [0.1, 0.15) is 11.6 Å². The third-order valence-electron chi connectivity index (χ3n) is 3.58. The van der Waals surface area contributed by atoms with Crippen LogP contribution in [0.1, 0.15) is 11.4 Å². The van der Waals surface area contributed by atoms with Gasteiger partial charge < -0.3 is 14.5 Å². The topological polar surface area (TPSA) is 55.6 Å². The molecule has 6 heteroatoms. The van der Waals surface area contributed by atoms with E-state index in [1.54, 1.807) is 6.07 Å². The monoisotopic (exact) mass is 313 g/mol. The molecule has 0 fully saturated rings. The molecule has 5 nitrogen and oxygen atoms in total. The van der Waals surface area contributed by atoms with Crippen molar-refractivity contribution in [3.05, 3.63) is 59.8 Å². The van der Waals surface area contributed by atoms with E-state index >= 15 is 0 Å². The molecule has 0 radical (unpaired) electrons. The average Bonchev–Trinajstić information content (AvgIpc) is 2.83. The zero-order valence-corrected chi connectivity index (χ0v) is 12.8. The van der Waals surface area contributed by atoms with E-state index < -0.39 is 0 Å². The number of amides is 1. The van der Waals surface area contributed by atoms with Gasteiger partial charge in [0.25, 0.3) is 5.91 Å². The SMILES string of the molecule is Cc1nc2c(NC(=O)COc3ccc(F)cc3)cccn2c1C. The molecule has 0 spiro atoms. The largest absolute Gasteiger partial charge is 0.484 e. The molecule has 0 aliphatic rings. The van der Waals surface area contributed by atoms with Crippen LogP contribution >= 0.6 is 0 Å². The number of rotatable bonds is 4. The fraction of sp³-hybridized carbons (Fsp3) is 0.176. The predicted octanol–water partition coefficient (Wildman–Crippen LogP) is 3.11. The standard InChI is InChI=1S/C17H16FN3O2/c1-11-12(2)21-9-3-4-15(17(21)19-11)20-16(22)10-23-14-7-5-13(18)6-8-14/h3-9H,10H2,1-2H3,(H,20,22). The van der Waals surface area contributed by atoms with Crippen molar-refractivity contribution in [1.82, 2.24) is 9.38 Å². The van der Waals surface area contributed by atoms with Crippen molar-refractivity contribution in [3.8, 4) is 5.75 Å². The first kappa shape index (κ1) is 15.0. The Morgan fingerprint density at radius 3 is 2.74 bits per heavy atom. The number of nitrogens with zero attached hydrogens (tertiary/aromatic N) is 2. The molecule has 0 saturated heterocycles. The van der Waals surface area contributed by atoms with Crippen molar-refractivity contribution in [2.75, 3.05) is 11.9 Å². The summed E-state index contributed by atoms with van der Waals surface area (Å²) in [4.78, 5) is 16.5. The Bertz CT molecular complexity index is 856. The predicted molar refractivity (Wildman–Crippen MR) is 85.2 cm³/mol. The molecule has 1 N–H and O–H groups in total. The second-order valence-electron chi connectivity index (χ2n) is 5.19. The maximum Gasteiger partial charge on any atom is 0.262 e. The number of benzene rings is 1. The fourth-order valence-electron chi connectivity index (χ4n) is 2.26. The molecule has 3 aromatic rings.